The van der Waals surface area contributed by atoms with Crippen molar-refractivity contribution in [2.24, 2.45) is 0 Å². The van der Waals surface area contributed by atoms with Crippen molar-refractivity contribution in [3.63, 3.8) is 0 Å². The Bertz CT molecular complexity index is 680. The third-order valence-corrected chi connectivity index (χ3v) is 4.27. The summed E-state index contributed by atoms with van der Waals surface area (Å²) in [5.74, 6) is 0.474. The topological polar surface area (TPSA) is 58.5 Å². The van der Waals surface area contributed by atoms with E-state index < -0.39 is 5.60 Å². The highest BCUT2D eigenvalue weighted by Gasteiger charge is 2.36. The van der Waals surface area contributed by atoms with Crippen molar-refractivity contribution in [3.05, 3.63) is 59.4 Å². The zero-order valence-electron chi connectivity index (χ0n) is 13.8. The van der Waals surface area contributed by atoms with E-state index in [4.69, 9.17) is 4.74 Å². The maximum Gasteiger partial charge on any atom is 0.125 e. The number of hydrogen-bond donors (Lipinski definition) is 1. The lowest BCUT2D eigenvalue weighted by atomic mass is 9.93. The first-order valence-corrected chi connectivity index (χ1v) is 8.08. The van der Waals surface area contributed by atoms with Gasteiger partial charge in [-0.05, 0) is 24.6 Å². The van der Waals surface area contributed by atoms with Crippen LogP contribution in [0.4, 0.5) is 4.39 Å². The number of halogens is 1. The smallest absolute Gasteiger partial charge is 0.125 e. The Hall–Kier alpha value is -1.89. The first-order valence-electron chi connectivity index (χ1n) is 8.08. The van der Waals surface area contributed by atoms with E-state index >= 15 is 0 Å². The molecule has 6 heteroatoms. The minimum absolute atomic E-state index is 0.107. The molecule has 0 radical (unpaired) electrons. The lowest BCUT2D eigenvalue weighted by Gasteiger charge is -2.42. The number of rotatable bonds is 5. The monoisotopic (exact) mass is 331 g/mol. The molecule has 24 heavy (non-hydrogen) atoms. The van der Waals surface area contributed by atoms with Crippen molar-refractivity contribution in [2.75, 3.05) is 26.3 Å². The number of nitrogens with zero attached hydrogens (tertiary/aromatic N) is 3. The molecule has 1 atom stereocenters. The second kappa shape index (κ2) is 7.34. The number of aryl methyl sites for hydroxylation is 1. The van der Waals surface area contributed by atoms with Gasteiger partial charge in [-0.25, -0.2) is 14.4 Å². The van der Waals surface area contributed by atoms with Crippen LogP contribution in [0.1, 0.15) is 17.0 Å². The number of aliphatic hydroxyl groups excluding tert-OH is 1. The molecule has 0 spiro atoms. The van der Waals surface area contributed by atoms with Crippen LogP contribution >= 0.6 is 0 Å². The fourth-order valence-corrected chi connectivity index (χ4v) is 3.10. The van der Waals surface area contributed by atoms with Gasteiger partial charge in [0.25, 0.3) is 0 Å². The molecule has 0 unspecified atom stereocenters. The molecular weight excluding hydrogens is 309 g/mol. The minimum Gasteiger partial charge on any atom is -0.393 e. The molecule has 1 saturated heterocycles. The molecule has 3 rings (SSSR count). The molecule has 5 nitrogen and oxygen atoms in total. The number of benzene rings is 1. The highest BCUT2D eigenvalue weighted by molar-refractivity contribution is 5.19. The Morgan fingerprint density at radius 3 is 2.79 bits per heavy atom. The van der Waals surface area contributed by atoms with Crippen LogP contribution in [0.3, 0.4) is 0 Å². The Morgan fingerprint density at radius 2 is 2.08 bits per heavy atom. The molecule has 2 aromatic rings. The Balaban J connectivity index is 1.70. The number of aliphatic hydroxyl groups is 1. The van der Waals surface area contributed by atoms with Gasteiger partial charge in [-0.15, -0.1) is 0 Å². The van der Waals surface area contributed by atoms with Gasteiger partial charge >= 0.3 is 0 Å². The van der Waals surface area contributed by atoms with Crippen LogP contribution in [0.15, 0.2) is 36.7 Å². The summed E-state index contributed by atoms with van der Waals surface area (Å²) in [6.45, 7) is 4.34. The van der Waals surface area contributed by atoms with E-state index in [0.717, 1.165) is 23.5 Å². The fraction of sp³-hybridized carbons (Fsp3) is 0.444. The van der Waals surface area contributed by atoms with Crippen LogP contribution < -0.4 is 0 Å². The van der Waals surface area contributed by atoms with Crippen molar-refractivity contribution >= 4 is 0 Å². The Morgan fingerprint density at radius 1 is 1.29 bits per heavy atom. The first-order chi connectivity index (χ1) is 11.6. The standard InChI is InChI=1S/C18H22FN3O2/c1-14-20-9-16(10-21-14)11-22-5-6-24-18(12-22,13-23)8-15-3-2-4-17(19)7-15/h2-4,7,9-10,23H,5-6,8,11-13H2,1H3/t18-/m0/s1. The van der Waals surface area contributed by atoms with E-state index in [1.54, 1.807) is 6.07 Å². The molecule has 0 bridgehead atoms. The lowest BCUT2D eigenvalue weighted by molar-refractivity contribution is -0.134. The zero-order valence-corrected chi connectivity index (χ0v) is 13.8. The van der Waals surface area contributed by atoms with Crippen LogP contribution in [0.25, 0.3) is 0 Å². The molecule has 1 aromatic carbocycles. The van der Waals surface area contributed by atoms with E-state index in [1.807, 2.05) is 25.4 Å². The zero-order chi connectivity index (χ0) is 17.0. The quantitative estimate of drug-likeness (QED) is 0.904. The molecule has 128 valence electrons. The fourth-order valence-electron chi connectivity index (χ4n) is 3.10. The summed E-state index contributed by atoms with van der Waals surface area (Å²) in [5.41, 5.74) is 1.14. The summed E-state index contributed by atoms with van der Waals surface area (Å²) in [4.78, 5) is 10.7. The summed E-state index contributed by atoms with van der Waals surface area (Å²) >= 11 is 0. The minimum atomic E-state index is -0.711. The maximum absolute atomic E-state index is 13.4. The Labute approximate surface area is 141 Å². The summed E-state index contributed by atoms with van der Waals surface area (Å²) in [6.07, 6.45) is 4.12. The molecule has 1 aromatic heterocycles. The highest BCUT2D eigenvalue weighted by atomic mass is 19.1. The lowest BCUT2D eigenvalue weighted by Crippen LogP contribution is -2.55. The van der Waals surface area contributed by atoms with Gasteiger partial charge in [0.1, 0.15) is 17.2 Å². The van der Waals surface area contributed by atoms with Crippen LogP contribution in [0.2, 0.25) is 0 Å². The average Bonchev–Trinajstić information content (AvgIpc) is 2.57. The Kier molecular flexibility index (Phi) is 5.18. The largest absolute Gasteiger partial charge is 0.393 e. The van der Waals surface area contributed by atoms with Crippen molar-refractivity contribution in [1.29, 1.82) is 0 Å². The van der Waals surface area contributed by atoms with Gasteiger partial charge in [0, 0.05) is 44.0 Å². The van der Waals surface area contributed by atoms with Gasteiger partial charge in [0.15, 0.2) is 0 Å². The molecule has 1 aliphatic rings. The van der Waals surface area contributed by atoms with Crippen molar-refractivity contribution in [3.8, 4) is 0 Å². The van der Waals surface area contributed by atoms with Crippen molar-refractivity contribution in [1.82, 2.24) is 14.9 Å². The van der Waals surface area contributed by atoms with E-state index in [2.05, 4.69) is 14.9 Å². The maximum atomic E-state index is 13.4. The highest BCUT2D eigenvalue weighted by Crippen LogP contribution is 2.24. The molecule has 1 aliphatic heterocycles. The van der Waals surface area contributed by atoms with Crippen molar-refractivity contribution in [2.45, 2.75) is 25.5 Å². The SMILES string of the molecule is Cc1ncc(CN2CCO[C@@](CO)(Cc3cccc(F)c3)C2)cn1. The van der Waals surface area contributed by atoms with Gasteiger partial charge in [0.2, 0.25) is 0 Å². The molecular formula is C18H22FN3O2. The molecule has 0 amide bonds. The van der Waals surface area contributed by atoms with Gasteiger partial charge in [-0.3, -0.25) is 4.90 Å². The van der Waals surface area contributed by atoms with Crippen molar-refractivity contribution < 1.29 is 14.2 Å². The van der Waals surface area contributed by atoms with E-state index in [9.17, 15) is 9.50 Å². The molecule has 1 fully saturated rings. The summed E-state index contributed by atoms with van der Waals surface area (Å²) in [6, 6.07) is 6.45. The predicted octanol–water partition coefficient (Wildman–Crippen LogP) is 1.73. The van der Waals surface area contributed by atoms with Gasteiger partial charge < -0.3 is 9.84 Å². The first kappa shape index (κ1) is 17.0. The third kappa shape index (κ3) is 4.14. The van der Waals surface area contributed by atoms with E-state index in [-0.39, 0.29) is 12.4 Å². The number of aromatic nitrogens is 2. The van der Waals surface area contributed by atoms with Gasteiger partial charge in [-0.1, -0.05) is 12.1 Å². The predicted molar refractivity (Wildman–Crippen MR) is 87.9 cm³/mol. The third-order valence-electron chi connectivity index (χ3n) is 4.27. The number of morpholine rings is 1. The summed E-state index contributed by atoms with van der Waals surface area (Å²) in [5, 5.41) is 9.92. The van der Waals surface area contributed by atoms with Gasteiger partial charge in [0.05, 0.1) is 13.2 Å². The normalized spacial score (nSPS) is 21.8. The van der Waals surface area contributed by atoms with E-state index in [0.29, 0.717) is 26.1 Å². The van der Waals surface area contributed by atoms with Crippen LogP contribution in [-0.4, -0.2) is 51.9 Å². The van der Waals surface area contributed by atoms with Crippen LogP contribution in [0, 0.1) is 12.7 Å². The van der Waals surface area contributed by atoms with E-state index in [1.165, 1.54) is 12.1 Å². The second-order valence-electron chi connectivity index (χ2n) is 6.35. The molecule has 1 N–H and O–H groups in total. The van der Waals surface area contributed by atoms with Gasteiger partial charge in [-0.2, -0.15) is 0 Å². The van der Waals surface area contributed by atoms with Crippen LogP contribution in [0.5, 0.6) is 0 Å². The average molecular weight is 331 g/mol. The number of hydrogen-bond acceptors (Lipinski definition) is 5. The molecule has 2 heterocycles. The summed E-state index contributed by atoms with van der Waals surface area (Å²) in [7, 11) is 0. The molecule has 0 saturated carbocycles. The second-order valence-corrected chi connectivity index (χ2v) is 6.35. The summed E-state index contributed by atoms with van der Waals surface area (Å²) < 4.78 is 19.3. The number of ether oxygens (including phenoxy) is 1. The van der Waals surface area contributed by atoms with Crippen LogP contribution in [-0.2, 0) is 17.7 Å². The molecule has 0 aliphatic carbocycles.